The van der Waals surface area contributed by atoms with Gasteiger partial charge in [0, 0.05) is 35.5 Å². The van der Waals surface area contributed by atoms with Gasteiger partial charge in [-0.2, -0.15) is 0 Å². The van der Waals surface area contributed by atoms with Crippen molar-refractivity contribution in [2.45, 2.75) is 31.8 Å². The zero-order chi connectivity index (χ0) is 12.0. The Morgan fingerprint density at radius 3 is 2.94 bits per heavy atom. The molecule has 1 rings (SSSR count). The molecule has 1 aliphatic heterocycles. The molecule has 0 aromatic carbocycles. The van der Waals surface area contributed by atoms with E-state index in [9.17, 15) is 9.00 Å². The molecule has 1 aliphatic rings. The van der Waals surface area contributed by atoms with E-state index in [1.54, 1.807) is 6.26 Å². The van der Waals surface area contributed by atoms with Gasteiger partial charge in [-0.15, -0.1) is 0 Å². The van der Waals surface area contributed by atoms with Crippen LogP contribution in [0.2, 0.25) is 0 Å². The molecule has 0 bridgehead atoms. The molecule has 94 valence electrons. The minimum atomic E-state index is -0.797. The number of nitrogens with one attached hydrogen (secondary N) is 2. The van der Waals surface area contributed by atoms with Crippen molar-refractivity contribution in [3.05, 3.63) is 0 Å². The zero-order valence-corrected chi connectivity index (χ0v) is 10.6. The fraction of sp³-hybridized carbons (Fsp3) is 0.900. The Labute approximate surface area is 98.8 Å². The molecule has 0 saturated carbocycles. The molecule has 3 unspecified atom stereocenters. The lowest BCUT2D eigenvalue weighted by Gasteiger charge is -2.16. The van der Waals surface area contributed by atoms with Gasteiger partial charge in [0.25, 0.3) is 0 Å². The third kappa shape index (κ3) is 5.46. The Kier molecular flexibility index (Phi) is 5.76. The summed E-state index contributed by atoms with van der Waals surface area (Å²) in [6.45, 7) is 3.23. The van der Waals surface area contributed by atoms with Crippen LogP contribution in [0, 0.1) is 0 Å². The van der Waals surface area contributed by atoms with Crippen molar-refractivity contribution < 1.29 is 13.7 Å². The third-order valence-electron chi connectivity index (χ3n) is 2.48. The van der Waals surface area contributed by atoms with Crippen molar-refractivity contribution in [2.24, 2.45) is 0 Å². The van der Waals surface area contributed by atoms with E-state index < -0.39 is 10.8 Å². The molecule has 0 aromatic rings. The monoisotopic (exact) mass is 248 g/mol. The van der Waals surface area contributed by atoms with Gasteiger partial charge >= 0.3 is 6.03 Å². The van der Waals surface area contributed by atoms with Crippen LogP contribution in [0.3, 0.4) is 0 Å². The van der Waals surface area contributed by atoms with Crippen LogP contribution < -0.4 is 10.6 Å². The van der Waals surface area contributed by atoms with Crippen LogP contribution in [0.15, 0.2) is 0 Å². The number of carbonyl (C=O) groups is 1. The highest BCUT2D eigenvalue weighted by Crippen LogP contribution is 2.02. The van der Waals surface area contributed by atoms with Gasteiger partial charge in [0.2, 0.25) is 0 Å². The SMILES string of the molecule is CC(CCS(C)=O)NC(=O)NC1CCOC1. The van der Waals surface area contributed by atoms with Crippen LogP contribution in [0.1, 0.15) is 19.8 Å². The summed E-state index contributed by atoms with van der Waals surface area (Å²) in [5.74, 6) is 0.619. The lowest BCUT2D eigenvalue weighted by molar-refractivity contribution is 0.188. The van der Waals surface area contributed by atoms with Gasteiger partial charge in [-0.1, -0.05) is 0 Å². The van der Waals surface area contributed by atoms with E-state index in [2.05, 4.69) is 10.6 Å². The van der Waals surface area contributed by atoms with E-state index in [4.69, 9.17) is 4.74 Å². The first-order chi connectivity index (χ1) is 7.58. The van der Waals surface area contributed by atoms with E-state index >= 15 is 0 Å². The van der Waals surface area contributed by atoms with E-state index in [1.165, 1.54) is 0 Å². The summed E-state index contributed by atoms with van der Waals surface area (Å²) in [5.41, 5.74) is 0. The molecule has 0 aliphatic carbocycles. The maximum Gasteiger partial charge on any atom is 0.315 e. The second kappa shape index (κ2) is 6.85. The van der Waals surface area contributed by atoms with Gasteiger partial charge in [-0.3, -0.25) is 4.21 Å². The Morgan fingerprint density at radius 2 is 2.38 bits per heavy atom. The average molecular weight is 248 g/mol. The average Bonchev–Trinajstić information content (AvgIpc) is 2.67. The summed E-state index contributed by atoms with van der Waals surface area (Å²) < 4.78 is 16.0. The maximum absolute atomic E-state index is 11.5. The number of amides is 2. The lowest BCUT2D eigenvalue weighted by Crippen LogP contribution is -2.45. The second-order valence-corrected chi connectivity index (χ2v) is 5.70. The van der Waals surface area contributed by atoms with Crippen LogP contribution in [0.25, 0.3) is 0 Å². The molecule has 1 saturated heterocycles. The molecule has 0 radical (unpaired) electrons. The quantitative estimate of drug-likeness (QED) is 0.732. The van der Waals surface area contributed by atoms with Crippen LogP contribution in [-0.2, 0) is 15.5 Å². The van der Waals surface area contributed by atoms with E-state index in [0.29, 0.717) is 12.4 Å². The third-order valence-corrected chi connectivity index (χ3v) is 3.29. The highest BCUT2D eigenvalue weighted by molar-refractivity contribution is 7.84. The fourth-order valence-corrected chi connectivity index (χ4v) is 2.20. The van der Waals surface area contributed by atoms with Crippen LogP contribution in [0.5, 0.6) is 0 Å². The van der Waals surface area contributed by atoms with Crippen molar-refractivity contribution in [1.29, 1.82) is 0 Å². The highest BCUT2D eigenvalue weighted by Gasteiger charge is 2.18. The van der Waals surface area contributed by atoms with Gasteiger partial charge in [-0.05, 0) is 19.8 Å². The summed E-state index contributed by atoms with van der Waals surface area (Å²) in [4.78, 5) is 11.5. The number of urea groups is 1. The normalized spacial score (nSPS) is 23.8. The summed E-state index contributed by atoms with van der Waals surface area (Å²) in [6.07, 6.45) is 3.28. The molecule has 5 nitrogen and oxygen atoms in total. The molecule has 2 amide bonds. The fourth-order valence-electron chi connectivity index (χ4n) is 1.51. The molecule has 2 N–H and O–H groups in total. The zero-order valence-electron chi connectivity index (χ0n) is 9.82. The Bertz CT molecular complexity index is 254. The lowest BCUT2D eigenvalue weighted by atomic mass is 10.2. The summed E-state index contributed by atoms with van der Waals surface area (Å²) in [6, 6.07) is 0.0172. The smallest absolute Gasteiger partial charge is 0.315 e. The first-order valence-electron chi connectivity index (χ1n) is 5.52. The number of rotatable bonds is 5. The van der Waals surface area contributed by atoms with Crippen molar-refractivity contribution >= 4 is 16.8 Å². The minimum absolute atomic E-state index is 0.0474. The van der Waals surface area contributed by atoms with Crippen molar-refractivity contribution in [2.75, 3.05) is 25.2 Å². The summed E-state index contributed by atoms with van der Waals surface area (Å²) in [5, 5.41) is 5.67. The summed E-state index contributed by atoms with van der Waals surface area (Å²) in [7, 11) is -0.797. The molecule has 1 heterocycles. The first-order valence-corrected chi connectivity index (χ1v) is 7.25. The molecular formula is C10H20N2O3S. The van der Waals surface area contributed by atoms with Crippen LogP contribution in [0.4, 0.5) is 4.79 Å². The van der Waals surface area contributed by atoms with Gasteiger partial charge in [0.1, 0.15) is 0 Å². The Hall–Kier alpha value is -0.620. The number of hydrogen-bond acceptors (Lipinski definition) is 3. The maximum atomic E-state index is 11.5. The van der Waals surface area contributed by atoms with Crippen LogP contribution in [-0.4, -0.2) is 47.5 Å². The largest absolute Gasteiger partial charge is 0.379 e. The molecule has 0 aromatic heterocycles. The van der Waals surface area contributed by atoms with Crippen molar-refractivity contribution in [1.82, 2.24) is 10.6 Å². The number of ether oxygens (including phenoxy) is 1. The van der Waals surface area contributed by atoms with Gasteiger partial charge in [0.15, 0.2) is 0 Å². The highest BCUT2D eigenvalue weighted by atomic mass is 32.2. The Balaban J connectivity index is 2.14. The topological polar surface area (TPSA) is 67.4 Å². The first kappa shape index (κ1) is 13.4. The number of carbonyl (C=O) groups excluding carboxylic acids is 1. The molecule has 16 heavy (non-hydrogen) atoms. The number of hydrogen-bond donors (Lipinski definition) is 2. The van der Waals surface area contributed by atoms with E-state index in [-0.39, 0.29) is 18.1 Å². The standard InChI is InChI=1S/C10H20N2O3S/c1-8(4-6-16(2)14)11-10(13)12-9-3-5-15-7-9/h8-9H,3-7H2,1-2H3,(H2,11,12,13). The van der Waals surface area contributed by atoms with Crippen LogP contribution >= 0.6 is 0 Å². The van der Waals surface area contributed by atoms with E-state index in [1.807, 2.05) is 6.92 Å². The predicted octanol–water partition coefficient (Wildman–Crippen LogP) is 0.232. The van der Waals surface area contributed by atoms with Gasteiger partial charge < -0.3 is 15.4 Å². The molecular weight excluding hydrogens is 228 g/mol. The Morgan fingerprint density at radius 1 is 1.62 bits per heavy atom. The summed E-state index contributed by atoms with van der Waals surface area (Å²) >= 11 is 0. The predicted molar refractivity (Wildman–Crippen MR) is 63.9 cm³/mol. The molecule has 0 spiro atoms. The molecule has 1 fully saturated rings. The molecule has 6 heteroatoms. The van der Waals surface area contributed by atoms with Gasteiger partial charge in [0.05, 0.1) is 12.6 Å². The minimum Gasteiger partial charge on any atom is -0.379 e. The second-order valence-electron chi connectivity index (χ2n) is 4.15. The van der Waals surface area contributed by atoms with E-state index in [0.717, 1.165) is 19.4 Å². The van der Waals surface area contributed by atoms with Gasteiger partial charge in [-0.25, -0.2) is 4.79 Å². The molecule has 3 atom stereocenters. The van der Waals surface area contributed by atoms with Crippen molar-refractivity contribution in [3.63, 3.8) is 0 Å². The van der Waals surface area contributed by atoms with Crippen molar-refractivity contribution in [3.8, 4) is 0 Å².